The number of hydrogen-bond donors (Lipinski definition) is 0. The molecule has 0 spiro atoms. The minimum Gasteiger partial charge on any atom is -0.301 e. The van der Waals surface area contributed by atoms with E-state index >= 15 is 0 Å². The maximum atomic E-state index is 11.0. The third-order valence-corrected chi connectivity index (χ3v) is 4.26. The molecule has 1 aromatic carbocycles. The lowest BCUT2D eigenvalue weighted by Crippen LogP contribution is -2.47. The van der Waals surface area contributed by atoms with E-state index in [-0.39, 0.29) is 10.6 Å². The Morgan fingerprint density at radius 2 is 1.91 bits per heavy atom. The molecule has 7 nitrogen and oxygen atoms in total. The Kier molecular flexibility index (Phi) is 4.58. The van der Waals surface area contributed by atoms with Gasteiger partial charge in [-0.05, 0) is 12.0 Å². The highest BCUT2D eigenvalue weighted by Crippen LogP contribution is 2.21. The quantitative estimate of drug-likeness (QED) is 0.624. The van der Waals surface area contributed by atoms with Crippen molar-refractivity contribution >= 4 is 16.6 Å². The average molecular weight is 317 g/mol. The zero-order valence-corrected chi connectivity index (χ0v) is 13.7. The number of aromatic nitrogens is 2. The predicted octanol–water partition coefficient (Wildman–Crippen LogP) is 2.18. The van der Waals surface area contributed by atoms with E-state index in [2.05, 4.69) is 28.7 Å². The molecule has 1 fully saturated rings. The molecule has 0 bridgehead atoms. The molecule has 2 heterocycles. The Bertz CT molecular complexity index is 689. The number of non-ortho nitro benzene ring substituents is 1. The van der Waals surface area contributed by atoms with Crippen molar-refractivity contribution in [3.8, 4) is 0 Å². The van der Waals surface area contributed by atoms with Crippen LogP contribution in [0.4, 0.5) is 5.69 Å². The van der Waals surface area contributed by atoms with E-state index in [9.17, 15) is 10.1 Å². The first-order valence-electron chi connectivity index (χ1n) is 8.07. The second-order valence-corrected chi connectivity index (χ2v) is 6.60. The normalized spacial score (nSPS) is 17.2. The van der Waals surface area contributed by atoms with Crippen LogP contribution in [0.1, 0.15) is 13.8 Å². The maximum absolute atomic E-state index is 11.0. The van der Waals surface area contributed by atoms with Crippen LogP contribution in [0.3, 0.4) is 0 Å². The summed E-state index contributed by atoms with van der Waals surface area (Å²) in [5.74, 6) is 0.692. The summed E-state index contributed by atoms with van der Waals surface area (Å²) in [5.41, 5.74) is 0.935. The first-order valence-corrected chi connectivity index (χ1v) is 8.07. The van der Waals surface area contributed by atoms with Crippen molar-refractivity contribution in [2.45, 2.75) is 20.5 Å². The van der Waals surface area contributed by atoms with E-state index in [0.29, 0.717) is 12.6 Å². The molecule has 1 aliphatic heterocycles. The second-order valence-electron chi connectivity index (χ2n) is 6.60. The van der Waals surface area contributed by atoms with Crippen LogP contribution in [-0.4, -0.2) is 57.2 Å². The van der Waals surface area contributed by atoms with E-state index in [4.69, 9.17) is 0 Å². The van der Waals surface area contributed by atoms with Gasteiger partial charge in [-0.3, -0.25) is 19.7 Å². The first kappa shape index (κ1) is 15.9. The van der Waals surface area contributed by atoms with Crippen LogP contribution >= 0.6 is 0 Å². The van der Waals surface area contributed by atoms with Crippen molar-refractivity contribution in [2.24, 2.45) is 5.92 Å². The van der Waals surface area contributed by atoms with E-state index in [1.807, 2.05) is 4.68 Å². The molecule has 7 heteroatoms. The Labute approximate surface area is 135 Å². The van der Waals surface area contributed by atoms with Gasteiger partial charge in [0.15, 0.2) is 0 Å². The van der Waals surface area contributed by atoms with Crippen molar-refractivity contribution < 1.29 is 4.92 Å². The summed E-state index contributed by atoms with van der Waals surface area (Å²) in [4.78, 5) is 15.4. The highest BCUT2D eigenvalue weighted by molar-refractivity contribution is 5.80. The number of benzene rings is 1. The molecule has 1 saturated heterocycles. The number of hydrogen-bond acceptors (Lipinski definition) is 5. The average Bonchev–Trinajstić information content (AvgIpc) is 2.91. The van der Waals surface area contributed by atoms with E-state index in [1.54, 1.807) is 18.3 Å². The predicted molar refractivity (Wildman–Crippen MR) is 89.2 cm³/mol. The fourth-order valence-corrected chi connectivity index (χ4v) is 3.10. The second kappa shape index (κ2) is 6.64. The fourth-order valence-electron chi connectivity index (χ4n) is 3.10. The molecule has 1 aliphatic rings. The lowest BCUT2D eigenvalue weighted by atomic mass is 10.2. The smallest absolute Gasteiger partial charge is 0.271 e. The van der Waals surface area contributed by atoms with Crippen molar-refractivity contribution in [2.75, 3.05) is 32.7 Å². The lowest BCUT2D eigenvalue weighted by molar-refractivity contribution is -0.384. The maximum Gasteiger partial charge on any atom is 0.271 e. The van der Waals surface area contributed by atoms with Crippen LogP contribution in [0.15, 0.2) is 24.4 Å². The van der Waals surface area contributed by atoms with Crippen LogP contribution in [0.25, 0.3) is 10.9 Å². The molecule has 0 aliphatic carbocycles. The molecule has 124 valence electrons. The molecule has 2 aromatic rings. The zero-order chi connectivity index (χ0) is 16.4. The number of rotatable bonds is 5. The molecular weight excluding hydrogens is 294 g/mol. The third kappa shape index (κ3) is 3.68. The fraction of sp³-hybridized carbons (Fsp3) is 0.562. The van der Waals surface area contributed by atoms with Gasteiger partial charge in [0.1, 0.15) is 0 Å². The molecule has 0 N–H and O–H groups in total. The van der Waals surface area contributed by atoms with Gasteiger partial charge in [-0.25, -0.2) is 0 Å². The topological polar surface area (TPSA) is 67.4 Å². The summed E-state index contributed by atoms with van der Waals surface area (Å²) in [6, 6.07) is 4.90. The van der Waals surface area contributed by atoms with Crippen molar-refractivity contribution in [1.29, 1.82) is 0 Å². The monoisotopic (exact) mass is 317 g/mol. The van der Waals surface area contributed by atoms with Gasteiger partial charge < -0.3 is 4.90 Å². The first-order chi connectivity index (χ1) is 11.0. The van der Waals surface area contributed by atoms with Crippen molar-refractivity contribution in [1.82, 2.24) is 19.6 Å². The van der Waals surface area contributed by atoms with E-state index in [1.165, 1.54) is 6.07 Å². The molecule has 0 amide bonds. The molecule has 0 radical (unpaired) electrons. The number of fused-ring (bicyclic) bond motifs is 1. The van der Waals surface area contributed by atoms with Gasteiger partial charge in [0.05, 0.1) is 23.3 Å². The van der Waals surface area contributed by atoms with Crippen LogP contribution in [0.2, 0.25) is 0 Å². The number of piperazine rings is 1. The molecule has 23 heavy (non-hydrogen) atoms. The Hall–Kier alpha value is -1.99. The summed E-state index contributed by atoms with van der Waals surface area (Å²) in [6.07, 6.45) is 1.77. The van der Waals surface area contributed by atoms with Crippen LogP contribution in [0.5, 0.6) is 0 Å². The van der Waals surface area contributed by atoms with E-state index < -0.39 is 0 Å². The van der Waals surface area contributed by atoms with Gasteiger partial charge in [-0.2, -0.15) is 5.10 Å². The zero-order valence-electron chi connectivity index (χ0n) is 13.7. The minimum absolute atomic E-state index is 0.112. The summed E-state index contributed by atoms with van der Waals surface area (Å²) < 4.78 is 1.86. The largest absolute Gasteiger partial charge is 0.301 e. The molecule has 0 unspecified atom stereocenters. The Balaban J connectivity index is 1.68. The standard InChI is InChI=1S/C16H23N5O2/c1-13(2)11-18-5-7-19(8-6-18)12-20-16-9-15(21(22)23)4-3-14(16)10-17-20/h3-4,9-10,13H,5-8,11-12H2,1-2H3. The number of nitro benzene ring substituents is 1. The molecule has 0 saturated carbocycles. The number of nitro groups is 1. The van der Waals surface area contributed by atoms with E-state index in [0.717, 1.165) is 43.6 Å². The molecular formula is C16H23N5O2. The van der Waals surface area contributed by atoms with Gasteiger partial charge in [0.25, 0.3) is 5.69 Å². The molecule has 0 atom stereocenters. The van der Waals surface area contributed by atoms with Crippen molar-refractivity contribution in [3.05, 3.63) is 34.5 Å². The van der Waals surface area contributed by atoms with Gasteiger partial charge in [-0.15, -0.1) is 0 Å². The van der Waals surface area contributed by atoms with Gasteiger partial charge in [-0.1, -0.05) is 13.8 Å². The van der Waals surface area contributed by atoms with Crippen molar-refractivity contribution in [3.63, 3.8) is 0 Å². The van der Waals surface area contributed by atoms with Gasteiger partial charge in [0.2, 0.25) is 0 Å². The van der Waals surface area contributed by atoms with Gasteiger partial charge in [0, 0.05) is 50.2 Å². The Morgan fingerprint density at radius 1 is 1.22 bits per heavy atom. The van der Waals surface area contributed by atoms with Crippen LogP contribution in [0, 0.1) is 16.0 Å². The SMILES string of the molecule is CC(C)CN1CCN(Cn2ncc3ccc([N+](=O)[O-])cc32)CC1. The summed E-state index contributed by atoms with van der Waals surface area (Å²) in [5, 5.41) is 16.3. The summed E-state index contributed by atoms with van der Waals surface area (Å²) in [6.45, 7) is 10.5. The van der Waals surface area contributed by atoms with Crippen LogP contribution < -0.4 is 0 Å². The number of nitrogens with zero attached hydrogens (tertiary/aromatic N) is 5. The summed E-state index contributed by atoms with van der Waals surface area (Å²) in [7, 11) is 0. The highest BCUT2D eigenvalue weighted by Gasteiger charge is 2.19. The van der Waals surface area contributed by atoms with Gasteiger partial charge >= 0.3 is 0 Å². The molecule has 3 rings (SSSR count). The summed E-state index contributed by atoms with van der Waals surface area (Å²) >= 11 is 0. The highest BCUT2D eigenvalue weighted by atomic mass is 16.6. The van der Waals surface area contributed by atoms with Crippen LogP contribution in [-0.2, 0) is 6.67 Å². The lowest BCUT2D eigenvalue weighted by Gasteiger charge is -2.35. The minimum atomic E-state index is -0.360. The Morgan fingerprint density at radius 3 is 2.57 bits per heavy atom. The molecule has 1 aromatic heterocycles. The third-order valence-electron chi connectivity index (χ3n) is 4.26.